The molecule has 0 aromatic heterocycles. The quantitative estimate of drug-likeness (QED) is 0.830. The van der Waals surface area contributed by atoms with E-state index in [0.717, 1.165) is 25.1 Å². The smallest absolute Gasteiger partial charge is 0.223 e. The average Bonchev–Trinajstić information content (AvgIpc) is 2.94. The highest BCUT2D eigenvalue weighted by Gasteiger charge is 2.61. The van der Waals surface area contributed by atoms with Gasteiger partial charge in [-0.05, 0) is 30.5 Å². The van der Waals surface area contributed by atoms with E-state index >= 15 is 0 Å². The third-order valence-electron chi connectivity index (χ3n) is 3.84. The number of rotatable bonds is 3. The zero-order valence-electron chi connectivity index (χ0n) is 9.32. The molecule has 1 heterocycles. The Balaban J connectivity index is 1.73. The molecule has 2 aliphatic rings. The summed E-state index contributed by atoms with van der Waals surface area (Å²) in [4.78, 5) is 11.4. The third-order valence-corrected chi connectivity index (χ3v) is 3.84. The molecule has 84 valence electrons. The molecule has 2 unspecified atom stereocenters. The predicted octanol–water partition coefficient (Wildman–Crippen LogP) is 1.37. The van der Waals surface area contributed by atoms with Crippen LogP contribution in [0.15, 0.2) is 24.3 Å². The van der Waals surface area contributed by atoms with Gasteiger partial charge in [0, 0.05) is 17.9 Å². The molecule has 1 saturated heterocycles. The van der Waals surface area contributed by atoms with E-state index in [-0.39, 0.29) is 17.2 Å². The minimum Gasteiger partial charge on any atom is -0.497 e. The fourth-order valence-electron chi connectivity index (χ4n) is 2.71. The Bertz CT molecular complexity index is 426. The van der Waals surface area contributed by atoms with Crippen LogP contribution in [0.1, 0.15) is 12.0 Å². The molecule has 1 aromatic rings. The Labute approximate surface area is 94.8 Å². The van der Waals surface area contributed by atoms with Gasteiger partial charge in [-0.3, -0.25) is 4.79 Å². The monoisotopic (exact) mass is 217 g/mol. The van der Waals surface area contributed by atoms with Crippen molar-refractivity contribution in [1.82, 2.24) is 5.32 Å². The molecule has 2 fully saturated rings. The third kappa shape index (κ3) is 1.39. The Morgan fingerprint density at radius 1 is 1.44 bits per heavy atom. The van der Waals surface area contributed by atoms with Crippen molar-refractivity contribution in [1.29, 1.82) is 0 Å². The van der Waals surface area contributed by atoms with Crippen molar-refractivity contribution in [2.75, 3.05) is 13.7 Å². The fourth-order valence-corrected chi connectivity index (χ4v) is 2.71. The van der Waals surface area contributed by atoms with Gasteiger partial charge in [0.05, 0.1) is 7.11 Å². The number of hydrogen-bond acceptors (Lipinski definition) is 2. The number of carbonyl (C=O) groups is 1. The normalized spacial score (nSPS) is 30.8. The second-order valence-electron chi connectivity index (χ2n) is 4.86. The maximum atomic E-state index is 11.4. The molecule has 3 heteroatoms. The largest absolute Gasteiger partial charge is 0.497 e. The van der Waals surface area contributed by atoms with Crippen LogP contribution < -0.4 is 10.1 Å². The highest BCUT2D eigenvalue weighted by atomic mass is 16.5. The molecular formula is C13H15NO2. The highest BCUT2D eigenvalue weighted by molar-refractivity contribution is 5.85. The molecule has 3 rings (SSSR count). The van der Waals surface area contributed by atoms with E-state index in [2.05, 4.69) is 17.4 Å². The van der Waals surface area contributed by atoms with Crippen LogP contribution in [0.25, 0.3) is 0 Å². The van der Waals surface area contributed by atoms with Crippen molar-refractivity contribution in [2.24, 2.45) is 11.3 Å². The summed E-state index contributed by atoms with van der Waals surface area (Å²) in [6, 6.07) is 8.14. The van der Waals surface area contributed by atoms with Crippen molar-refractivity contribution < 1.29 is 9.53 Å². The standard InChI is InChI=1S/C13H15NO2/c1-16-10-4-2-9(3-5-10)6-13-7-11(13)12(15)14-8-13/h2-5,11H,6-8H2,1H3,(H,14,15). The number of carbonyl (C=O) groups excluding carboxylic acids is 1. The first-order valence-electron chi connectivity index (χ1n) is 5.64. The highest BCUT2D eigenvalue weighted by Crippen LogP contribution is 2.57. The van der Waals surface area contributed by atoms with Crippen LogP contribution in [-0.4, -0.2) is 19.6 Å². The zero-order chi connectivity index (χ0) is 11.2. The molecular weight excluding hydrogens is 202 g/mol. The van der Waals surface area contributed by atoms with E-state index in [1.807, 2.05) is 12.1 Å². The number of ether oxygens (including phenoxy) is 1. The first-order chi connectivity index (χ1) is 7.73. The molecule has 16 heavy (non-hydrogen) atoms. The summed E-state index contributed by atoms with van der Waals surface area (Å²) >= 11 is 0. The summed E-state index contributed by atoms with van der Waals surface area (Å²) in [5.74, 6) is 1.40. The Kier molecular flexibility index (Phi) is 1.96. The summed E-state index contributed by atoms with van der Waals surface area (Å²) < 4.78 is 5.13. The summed E-state index contributed by atoms with van der Waals surface area (Å²) in [6.07, 6.45) is 2.06. The second kappa shape index (κ2) is 3.24. The van der Waals surface area contributed by atoms with E-state index in [9.17, 15) is 4.79 Å². The Hall–Kier alpha value is -1.51. The van der Waals surface area contributed by atoms with E-state index in [0.29, 0.717) is 0 Å². The van der Waals surface area contributed by atoms with Gasteiger partial charge < -0.3 is 10.1 Å². The number of amides is 1. The number of methoxy groups -OCH3 is 1. The molecule has 2 atom stereocenters. The second-order valence-corrected chi connectivity index (χ2v) is 4.86. The number of fused-ring (bicyclic) bond motifs is 1. The first kappa shape index (κ1) is 9.70. The van der Waals surface area contributed by atoms with Crippen LogP contribution in [0.4, 0.5) is 0 Å². The van der Waals surface area contributed by atoms with E-state index in [4.69, 9.17) is 4.74 Å². The molecule has 0 radical (unpaired) electrons. The lowest BCUT2D eigenvalue weighted by Crippen LogP contribution is -2.21. The number of hydrogen-bond donors (Lipinski definition) is 1. The molecule has 0 spiro atoms. The van der Waals surface area contributed by atoms with Crippen molar-refractivity contribution in [3.8, 4) is 5.75 Å². The molecule has 1 N–H and O–H groups in total. The van der Waals surface area contributed by atoms with E-state index in [1.54, 1.807) is 7.11 Å². The lowest BCUT2D eigenvalue weighted by atomic mass is 9.96. The lowest BCUT2D eigenvalue weighted by molar-refractivity contribution is -0.120. The van der Waals surface area contributed by atoms with E-state index < -0.39 is 0 Å². The van der Waals surface area contributed by atoms with Gasteiger partial charge in [0.25, 0.3) is 0 Å². The summed E-state index contributed by atoms with van der Waals surface area (Å²) in [6.45, 7) is 0.850. The van der Waals surface area contributed by atoms with Gasteiger partial charge in [-0.25, -0.2) is 0 Å². The SMILES string of the molecule is COc1ccc(CC23CNC(=O)C2C3)cc1. The lowest BCUT2D eigenvalue weighted by Gasteiger charge is -2.11. The zero-order valence-corrected chi connectivity index (χ0v) is 9.32. The van der Waals surface area contributed by atoms with Crippen LogP contribution in [0.5, 0.6) is 5.75 Å². The van der Waals surface area contributed by atoms with Crippen molar-refractivity contribution >= 4 is 5.91 Å². The molecule has 1 aliphatic carbocycles. The van der Waals surface area contributed by atoms with Gasteiger partial charge in [0.15, 0.2) is 0 Å². The van der Waals surface area contributed by atoms with Crippen molar-refractivity contribution in [3.05, 3.63) is 29.8 Å². The van der Waals surface area contributed by atoms with Crippen molar-refractivity contribution in [3.63, 3.8) is 0 Å². The van der Waals surface area contributed by atoms with Gasteiger partial charge in [-0.1, -0.05) is 12.1 Å². The Morgan fingerprint density at radius 3 is 2.69 bits per heavy atom. The number of nitrogens with one attached hydrogen (secondary N) is 1. The summed E-state index contributed by atoms with van der Waals surface area (Å²) in [5, 5.41) is 2.94. The molecule has 1 amide bonds. The maximum Gasteiger partial charge on any atom is 0.223 e. The molecule has 1 aliphatic heterocycles. The summed E-state index contributed by atoms with van der Waals surface area (Å²) in [7, 11) is 1.67. The number of benzene rings is 1. The maximum absolute atomic E-state index is 11.4. The minimum atomic E-state index is 0.228. The molecule has 1 aromatic carbocycles. The Morgan fingerprint density at radius 2 is 2.19 bits per heavy atom. The molecule has 0 bridgehead atoms. The van der Waals surface area contributed by atoms with Crippen LogP contribution in [-0.2, 0) is 11.2 Å². The van der Waals surface area contributed by atoms with Gasteiger partial charge in [0.2, 0.25) is 5.91 Å². The van der Waals surface area contributed by atoms with Crippen molar-refractivity contribution in [2.45, 2.75) is 12.8 Å². The van der Waals surface area contributed by atoms with Gasteiger partial charge in [-0.15, -0.1) is 0 Å². The molecule has 3 nitrogen and oxygen atoms in total. The van der Waals surface area contributed by atoms with Crippen LogP contribution in [0.3, 0.4) is 0 Å². The van der Waals surface area contributed by atoms with Gasteiger partial charge >= 0.3 is 0 Å². The molecule has 1 saturated carbocycles. The number of piperidine rings is 1. The van der Waals surface area contributed by atoms with Crippen LogP contribution >= 0.6 is 0 Å². The fraction of sp³-hybridized carbons (Fsp3) is 0.462. The van der Waals surface area contributed by atoms with Crippen LogP contribution in [0, 0.1) is 11.3 Å². The van der Waals surface area contributed by atoms with E-state index in [1.165, 1.54) is 5.56 Å². The van der Waals surface area contributed by atoms with Crippen LogP contribution in [0.2, 0.25) is 0 Å². The summed E-state index contributed by atoms with van der Waals surface area (Å²) in [5.41, 5.74) is 1.52. The van der Waals surface area contributed by atoms with Gasteiger partial charge in [0.1, 0.15) is 5.75 Å². The topological polar surface area (TPSA) is 38.3 Å². The average molecular weight is 217 g/mol. The van der Waals surface area contributed by atoms with Gasteiger partial charge in [-0.2, -0.15) is 0 Å². The predicted molar refractivity (Wildman–Crippen MR) is 60.2 cm³/mol. The first-order valence-corrected chi connectivity index (χ1v) is 5.64. The minimum absolute atomic E-state index is 0.228.